The SMILES string of the molecule is C=C(C)C1(C(=O)Nc2cc3cc(Br)ccc3cn2)CCNCC1. The first-order valence-electron chi connectivity index (χ1n) is 7.75. The van der Waals surface area contributed by atoms with Crippen molar-refractivity contribution in [1.29, 1.82) is 0 Å². The number of benzene rings is 1. The lowest BCUT2D eigenvalue weighted by molar-refractivity contribution is -0.124. The van der Waals surface area contributed by atoms with E-state index in [2.05, 4.69) is 38.1 Å². The van der Waals surface area contributed by atoms with Gasteiger partial charge in [0.25, 0.3) is 0 Å². The molecule has 1 saturated heterocycles. The number of pyridine rings is 1. The molecule has 2 heterocycles. The van der Waals surface area contributed by atoms with Gasteiger partial charge in [-0.25, -0.2) is 4.98 Å². The maximum Gasteiger partial charge on any atom is 0.235 e. The molecule has 1 amide bonds. The number of halogens is 1. The molecule has 2 N–H and O–H groups in total. The van der Waals surface area contributed by atoms with Gasteiger partial charge in [-0.05, 0) is 56.4 Å². The van der Waals surface area contributed by atoms with E-state index >= 15 is 0 Å². The topological polar surface area (TPSA) is 54.0 Å². The lowest BCUT2D eigenvalue weighted by atomic mass is 9.73. The number of amides is 1. The largest absolute Gasteiger partial charge is 0.317 e. The van der Waals surface area contributed by atoms with Crippen LogP contribution in [0, 0.1) is 5.41 Å². The van der Waals surface area contributed by atoms with E-state index in [1.54, 1.807) is 6.20 Å². The first-order chi connectivity index (χ1) is 11.0. The second kappa shape index (κ2) is 6.42. The molecule has 0 atom stereocenters. The molecule has 0 spiro atoms. The van der Waals surface area contributed by atoms with Crippen LogP contribution in [0.5, 0.6) is 0 Å². The zero-order valence-electron chi connectivity index (χ0n) is 13.2. The first kappa shape index (κ1) is 16.1. The first-order valence-corrected chi connectivity index (χ1v) is 8.54. The molecule has 23 heavy (non-hydrogen) atoms. The Labute approximate surface area is 144 Å². The van der Waals surface area contributed by atoms with Crippen LogP contribution in [-0.2, 0) is 4.79 Å². The number of anilines is 1. The minimum absolute atomic E-state index is 0.00616. The van der Waals surface area contributed by atoms with E-state index in [4.69, 9.17) is 0 Å². The minimum atomic E-state index is -0.501. The Balaban J connectivity index is 1.88. The zero-order valence-corrected chi connectivity index (χ0v) is 14.7. The van der Waals surface area contributed by atoms with Crippen molar-refractivity contribution in [2.45, 2.75) is 19.8 Å². The van der Waals surface area contributed by atoms with Crippen LogP contribution >= 0.6 is 15.9 Å². The Bertz CT molecular complexity index is 766. The van der Waals surface area contributed by atoms with Crippen molar-refractivity contribution in [3.05, 3.63) is 47.1 Å². The fraction of sp³-hybridized carbons (Fsp3) is 0.333. The molecule has 3 rings (SSSR count). The second-order valence-electron chi connectivity index (χ2n) is 6.13. The molecular weight excluding hydrogens is 354 g/mol. The Kier molecular flexibility index (Phi) is 4.50. The van der Waals surface area contributed by atoms with E-state index in [1.807, 2.05) is 31.2 Å². The number of piperidine rings is 1. The fourth-order valence-electron chi connectivity index (χ4n) is 3.12. The number of rotatable bonds is 3. The van der Waals surface area contributed by atoms with Crippen LogP contribution in [0.25, 0.3) is 10.8 Å². The van der Waals surface area contributed by atoms with Crippen LogP contribution in [0.15, 0.2) is 47.1 Å². The highest BCUT2D eigenvalue weighted by Gasteiger charge is 2.40. The van der Waals surface area contributed by atoms with E-state index in [-0.39, 0.29) is 5.91 Å². The smallest absolute Gasteiger partial charge is 0.235 e. The molecule has 1 aromatic carbocycles. The zero-order chi connectivity index (χ0) is 16.4. The number of carbonyl (C=O) groups excluding carboxylic acids is 1. The van der Waals surface area contributed by atoms with E-state index in [1.165, 1.54) is 0 Å². The van der Waals surface area contributed by atoms with Crippen molar-refractivity contribution in [2.75, 3.05) is 18.4 Å². The molecule has 0 aliphatic carbocycles. The van der Waals surface area contributed by atoms with Gasteiger partial charge in [0.1, 0.15) is 5.82 Å². The molecule has 1 fully saturated rings. The third kappa shape index (κ3) is 3.16. The summed E-state index contributed by atoms with van der Waals surface area (Å²) < 4.78 is 1.00. The Hall–Kier alpha value is -1.72. The maximum atomic E-state index is 12.9. The third-order valence-electron chi connectivity index (χ3n) is 4.63. The summed E-state index contributed by atoms with van der Waals surface area (Å²) in [5, 5.41) is 8.38. The molecule has 2 aromatic rings. The average Bonchev–Trinajstić information content (AvgIpc) is 2.54. The summed E-state index contributed by atoms with van der Waals surface area (Å²) in [6, 6.07) is 7.91. The predicted molar refractivity (Wildman–Crippen MR) is 97.4 cm³/mol. The second-order valence-corrected chi connectivity index (χ2v) is 7.04. The molecule has 5 heteroatoms. The number of fused-ring (bicyclic) bond motifs is 1. The van der Waals surface area contributed by atoms with Crippen molar-refractivity contribution in [3.8, 4) is 0 Å². The highest BCUT2D eigenvalue weighted by atomic mass is 79.9. The van der Waals surface area contributed by atoms with Gasteiger partial charge in [-0.2, -0.15) is 0 Å². The molecule has 120 valence electrons. The maximum absolute atomic E-state index is 12.9. The number of nitrogens with zero attached hydrogens (tertiary/aromatic N) is 1. The normalized spacial score (nSPS) is 17.0. The van der Waals surface area contributed by atoms with Crippen molar-refractivity contribution in [2.24, 2.45) is 5.41 Å². The van der Waals surface area contributed by atoms with Gasteiger partial charge < -0.3 is 10.6 Å². The Morgan fingerprint density at radius 3 is 2.74 bits per heavy atom. The van der Waals surface area contributed by atoms with Crippen LogP contribution in [0.1, 0.15) is 19.8 Å². The minimum Gasteiger partial charge on any atom is -0.317 e. The number of nitrogens with one attached hydrogen (secondary N) is 2. The number of carbonyl (C=O) groups is 1. The van der Waals surface area contributed by atoms with E-state index < -0.39 is 5.41 Å². The van der Waals surface area contributed by atoms with Gasteiger partial charge in [0, 0.05) is 16.1 Å². The summed E-state index contributed by atoms with van der Waals surface area (Å²) >= 11 is 3.47. The van der Waals surface area contributed by atoms with Gasteiger partial charge >= 0.3 is 0 Å². The van der Waals surface area contributed by atoms with Crippen molar-refractivity contribution in [3.63, 3.8) is 0 Å². The summed E-state index contributed by atoms with van der Waals surface area (Å²) in [4.78, 5) is 17.3. The summed E-state index contributed by atoms with van der Waals surface area (Å²) in [5.41, 5.74) is 0.416. The predicted octanol–water partition coefficient (Wildman–Crippen LogP) is 3.88. The van der Waals surface area contributed by atoms with Crippen LogP contribution in [0.3, 0.4) is 0 Å². The molecule has 0 unspecified atom stereocenters. The van der Waals surface area contributed by atoms with E-state index in [0.717, 1.165) is 46.7 Å². The van der Waals surface area contributed by atoms with Crippen molar-refractivity contribution < 1.29 is 4.79 Å². The molecule has 0 radical (unpaired) electrons. The molecule has 1 aromatic heterocycles. The van der Waals surface area contributed by atoms with Crippen LogP contribution in [-0.4, -0.2) is 24.0 Å². The number of aromatic nitrogens is 1. The van der Waals surface area contributed by atoms with Gasteiger partial charge in [0.15, 0.2) is 0 Å². The summed E-state index contributed by atoms with van der Waals surface area (Å²) in [6.07, 6.45) is 3.33. The number of hydrogen-bond acceptors (Lipinski definition) is 3. The van der Waals surface area contributed by atoms with Gasteiger partial charge in [-0.1, -0.05) is 34.1 Å². The van der Waals surface area contributed by atoms with Crippen molar-refractivity contribution in [1.82, 2.24) is 10.3 Å². The molecule has 1 aliphatic heterocycles. The lowest BCUT2D eigenvalue weighted by Crippen LogP contribution is -2.45. The summed E-state index contributed by atoms with van der Waals surface area (Å²) in [5.74, 6) is 0.577. The Morgan fingerprint density at radius 2 is 2.04 bits per heavy atom. The molecule has 4 nitrogen and oxygen atoms in total. The lowest BCUT2D eigenvalue weighted by Gasteiger charge is -2.36. The van der Waals surface area contributed by atoms with Crippen LogP contribution < -0.4 is 10.6 Å². The van der Waals surface area contributed by atoms with E-state index in [9.17, 15) is 4.79 Å². The molecule has 1 aliphatic rings. The van der Waals surface area contributed by atoms with Gasteiger partial charge in [0.2, 0.25) is 5.91 Å². The summed E-state index contributed by atoms with van der Waals surface area (Å²) in [6.45, 7) is 7.66. The van der Waals surface area contributed by atoms with Gasteiger partial charge in [0.05, 0.1) is 5.41 Å². The molecular formula is C18H20BrN3O. The van der Waals surface area contributed by atoms with Crippen LogP contribution in [0.4, 0.5) is 5.82 Å². The Morgan fingerprint density at radius 1 is 1.30 bits per heavy atom. The fourth-order valence-corrected chi connectivity index (χ4v) is 3.50. The quantitative estimate of drug-likeness (QED) is 0.802. The highest BCUT2D eigenvalue weighted by molar-refractivity contribution is 9.10. The monoisotopic (exact) mass is 373 g/mol. The van der Waals surface area contributed by atoms with Crippen molar-refractivity contribution >= 4 is 38.4 Å². The third-order valence-corrected chi connectivity index (χ3v) is 5.13. The standard InChI is InChI=1S/C18H20BrN3O/c1-12(2)18(5-7-20-8-6-18)17(23)22-16-10-14-9-15(19)4-3-13(14)11-21-16/h3-4,9-11,20H,1,5-8H2,2H3,(H,21,22,23). The van der Waals surface area contributed by atoms with Crippen LogP contribution in [0.2, 0.25) is 0 Å². The average molecular weight is 374 g/mol. The molecule has 0 bridgehead atoms. The number of hydrogen-bond donors (Lipinski definition) is 2. The summed E-state index contributed by atoms with van der Waals surface area (Å²) in [7, 11) is 0. The molecule has 0 saturated carbocycles. The highest BCUT2D eigenvalue weighted by Crippen LogP contribution is 2.37. The van der Waals surface area contributed by atoms with Gasteiger partial charge in [-0.3, -0.25) is 4.79 Å². The van der Waals surface area contributed by atoms with Gasteiger partial charge in [-0.15, -0.1) is 0 Å². The van der Waals surface area contributed by atoms with E-state index in [0.29, 0.717) is 5.82 Å².